The van der Waals surface area contributed by atoms with Crippen molar-refractivity contribution in [1.82, 2.24) is 9.88 Å². The molecule has 2 heterocycles. The Morgan fingerprint density at radius 3 is 2.56 bits per heavy atom. The molecule has 0 amide bonds. The number of rotatable bonds is 1. The first kappa shape index (κ1) is 18.5. The van der Waals surface area contributed by atoms with Crippen LogP contribution in [0.1, 0.15) is 31.3 Å². The molecule has 1 aliphatic rings. The number of aryl methyl sites for hydroxylation is 1. The van der Waals surface area contributed by atoms with Crippen LogP contribution in [0.4, 0.5) is 5.69 Å². The fraction of sp³-hybridized carbons (Fsp3) is 0.556. The van der Waals surface area contributed by atoms with Crippen LogP contribution in [-0.4, -0.2) is 52.9 Å². The molecule has 1 aromatic heterocycles. The van der Waals surface area contributed by atoms with Gasteiger partial charge in [-0.3, -0.25) is 0 Å². The first-order valence-electron chi connectivity index (χ1n) is 8.58. The molecule has 1 N–H and O–H groups in total. The average Bonchev–Trinajstić information content (AvgIpc) is 2.90. The predicted octanol–water partition coefficient (Wildman–Crippen LogP) is 3.86. The zero-order chi connectivity index (χ0) is 18.4. The van der Waals surface area contributed by atoms with Crippen LogP contribution in [-0.2, 0) is 5.41 Å². The molecule has 0 saturated carbocycles. The maximum absolute atomic E-state index is 12.0. The number of thiocarbonyl (C=S) groups is 1. The lowest BCUT2D eigenvalue weighted by atomic mass is 9.98. The lowest BCUT2D eigenvalue weighted by molar-refractivity contribution is -0.864. The standard InChI is InChI=1S/C18H26N4OS2/c1-12-10-14-15(25-16(19-14)18(2,3)4)11-13(12)20-17(24)21-6-8-22(5,23)9-7-21/h10-11H,6-9H2,1-5H3,(H,20,24). The molecule has 0 spiro atoms. The molecule has 0 unspecified atom stereocenters. The van der Waals surface area contributed by atoms with E-state index in [-0.39, 0.29) is 10.1 Å². The molecule has 1 saturated heterocycles. The third kappa shape index (κ3) is 4.11. The number of thiazole rings is 1. The van der Waals surface area contributed by atoms with Crippen molar-refractivity contribution in [3.8, 4) is 0 Å². The first-order chi connectivity index (χ1) is 11.5. The van der Waals surface area contributed by atoms with Crippen molar-refractivity contribution in [3.63, 3.8) is 0 Å². The molecule has 1 aliphatic heterocycles. The van der Waals surface area contributed by atoms with Crippen molar-refractivity contribution in [2.75, 3.05) is 38.5 Å². The van der Waals surface area contributed by atoms with Gasteiger partial charge in [-0.25, -0.2) is 4.98 Å². The lowest BCUT2D eigenvalue weighted by Gasteiger charge is -2.45. The topological polar surface area (TPSA) is 51.2 Å². The summed E-state index contributed by atoms with van der Waals surface area (Å²) in [5.74, 6) is 0. The van der Waals surface area contributed by atoms with Crippen LogP contribution in [0.15, 0.2) is 12.1 Å². The van der Waals surface area contributed by atoms with E-state index in [1.807, 2.05) is 0 Å². The number of nitrogens with zero attached hydrogens (tertiary/aromatic N) is 3. The lowest BCUT2D eigenvalue weighted by Crippen LogP contribution is -2.55. The van der Waals surface area contributed by atoms with E-state index in [1.165, 1.54) is 4.70 Å². The summed E-state index contributed by atoms with van der Waals surface area (Å²) in [5, 5.41) is 17.2. The summed E-state index contributed by atoms with van der Waals surface area (Å²) in [6.45, 7) is 11.2. The Bertz CT molecular complexity index is 797. The number of benzene rings is 1. The summed E-state index contributed by atoms with van der Waals surface area (Å²) in [5.41, 5.74) is 3.24. The number of piperazine rings is 1. The van der Waals surface area contributed by atoms with E-state index in [9.17, 15) is 5.21 Å². The molecule has 25 heavy (non-hydrogen) atoms. The highest BCUT2D eigenvalue weighted by Gasteiger charge is 2.24. The number of quaternary nitrogens is 1. The fourth-order valence-electron chi connectivity index (χ4n) is 2.82. The third-order valence-electron chi connectivity index (χ3n) is 4.59. The third-order valence-corrected chi connectivity index (χ3v) is 6.40. The van der Waals surface area contributed by atoms with Crippen LogP contribution in [0.3, 0.4) is 0 Å². The summed E-state index contributed by atoms with van der Waals surface area (Å²) in [6, 6.07) is 4.26. The van der Waals surface area contributed by atoms with Gasteiger partial charge in [-0.1, -0.05) is 20.8 Å². The predicted molar refractivity (Wildman–Crippen MR) is 110 cm³/mol. The second-order valence-electron chi connectivity index (χ2n) is 8.07. The first-order valence-corrected chi connectivity index (χ1v) is 9.81. The average molecular weight is 379 g/mol. The quantitative estimate of drug-likeness (QED) is 0.464. The summed E-state index contributed by atoms with van der Waals surface area (Å²) in [6.07, 6.45) is 0. The van der Waals surface area contributed by atoms with Crippen LogP contribution >= 0.6 is 23.6 Å². The zero-order valence-corrected chi connectivity index (χ0v) is 17.2. The van der Waals surface area contributed by atoms with E-state index in [2.05, 4.69) is 50.0 Å². The van der Waals surface area contributed by atoms with E-state index in [1.54, 1.807) is 18.4 Å². The van der Waals surface area contributed by atoms with Crippen LogP contribution in [0.25, 0.3) is 10.2 Å². The molecule has 136 valence electrons. The number of hydrogen-bond donors (Lipinski definition) is 1. The Morgan fingerprint density at radius 2 is 1.96 bits per heavy atom. The molecule has 5 nitrogen and oxygen atoms in total. The molecule has 1 aromatic carbocycles. The van der Waals surface area contributed by atoms with Gasteiger partial charge in [0.05, 0.1) is 48.5 Å². The minimum absolute atomic E-state index is 0.0531. The second-order valence-corrected chi connectivity index (χ2v) is 9.48. The number of fused-ring (bicyclic) bond motifs is 1. The number of likely N-dealkylation sites (N-methyl/N-ethyl adjacent to an activating group) is 1. The minimum atomic E-state index is -0.180. The second kappa shape index (κ2) is 6.46. The van der Waals surface area contributed by atoms with Crippen molar-refractivity contribution in [2.24, 2.45) is 0 Å². The van der Waals surface area contributed by atoms with Crippen molar-refractivity contribution >= 4 is 44.6 Å². The van der Waals surface area contributed by atoms with Gasteiger partial charge in [-0.15, -0.1) is 11.3 Å². The molecule has 1 fully saturated rings. The highest BCUT2D eigenvalue weighted by atomic mass is 32.1. The largest absolute Gasteiger partial charge is 0.633 e. The number of anilines is 1. The van der Waals surface area contributed by atoms with E-state index < -0.39 is 0 Å². The summed E-state index contributed by atoms with van der Waals surface area (Å²) in [4.78, 5) is 6.87. The van der Waals surface area contributed by atoms with Crippen LogP contribution in [0.2, 0.25) is 0 Å². The van der Waals surface area contributed by atoms with E-state index in [0.29, 0.717) is 31.3 Å². The minimum Gasteiger partial charge on any atom is -0.633 e. The van der Waals surface area contributed by atoms with Crippen molar-refractivity contribution in [2.45, 2.75) is 33.1 Å². The SMILES string of the molecule is Cc1cc2nc(C(C)(C)C)sc2cc1NC(=S)N1CC[N+](C)([O-])CC1. The Kier molecular flexibility index (Phi) is 4.79. The number of aromatic nitrogens is 1. The van der Waals surface area contributed by atoms with E-state index >= 15 is 0 Å². The number of nitrogens with one attached hydrogen (secondary N) is 1. The van der Waals surface area contributed by atoms with Gasteiger partial charge in [0.1, 0.15) is 0 Å². The molecule has 0 aliphatic carbocycles. The summed E-state index contributed by atoms with van der Waals surface area (Å²) >= 11 is 7.31. The van der Waals surface area contributed by atoms with Gasteiger partial charge >= 0.3 is 0 Å². The van der Waals surface area contributed by atoms with Crippen molar-refractivity contribution in [1.29, 1.82) is 0 Å². The molecule has 7 heteroatoms. The molecular formula is C18H26N4OS2. The smallest absolute Gasteiger partial charge is 0.173 e. The molecule has 0 bridgehead atoms. The van der Waals surface area contributed by atoms with Gasteiger partial charge in [0.25, 0.3) is 0 Å². The highest BCUT2D eigenvalue weighted by Crippen LogP contribution is 2.34. The van der Waals surface area contributed by atoms with Gasteiger partial charge in [-0.05, 0) is 36.8 Å². The molecule has 3 rings (SSSR count). The van der Waals surface area contributed by atoms with Crippen molar-refractivity contribution < 1.29 is 4.65 Å². The number of hydrogen-bond acceptors (Lipinski definition) is 4. The molecule has 0 atom stereocenters. The summed E-state index contributed by atoms with van der Waals surface area (Å²) in [7, 11) is 1.72. The van der Waals surface area contributed by atoms with Crippen LogP contribution < -0.4 is 5.32 Å². The van der Waals surface area contributed by atoms with Gasteiger partial charge in [0, 0.05) is 11.1 Å². The van der Waals surface area contributed by atoms with Crippen LogP contribution in [0.5, 0.6) is 0 Å². The van der Waals surface area contributed by atoms with Gasteiger partial charge < -0.3 is 20.1 Å². The van der Waals surface area contributed by atoms with Crippen molar-refractivity contribution in [3.05, 3.63) is 27.9 Å². The zero-order valence-electron chi connectivity index (χ0n) is 15.5. The Balaban J connectivity index is 1.79. The normalized spacial score (nSPS) is 17.8. The Hall–Kier alpha value is -1.28. The number of hydroxylamine groups is 3. The Morgan fingerprint density at radius 1 is 1.32 bits per heavy atom. The van der Waals surface area contributed by atoms with E-state index in [0.717, 1.165) is 21.8 Å². The van der Waals surface area contributed by atoms with Gasteiger partial charge in [0.2, 0.25) is 0 Å². The molecular weight excluding hydrogens is 352 g/mol. The summed E-state index contributed by atoms with van der Waals surface area (Å²) < 4.78 is 0.990. The Labute approximate surface area is 158 Å². The van der Waals surface area contributed by atoms with Gasteiger partial charge in [0.15, 0.2) is 5.11 Å². The monoisotopic (exact) mass is 378 g/mol. The maximum Gasteiger partial charge on any atom is 0.173 e. The fourth-order valence-corrected chi connectivity index (χ4v) is 4.16. The maximum atomic E-state index is 12.0. The highest BCUT2D eigenvalue weighted by molar-refractivity contribution is 7.80. The molecule has 0 radical (unpaired) electrons. The van der Waals surface area contributed by atoms with E-state index in [4.69, 9.17) is 17.2 Å². The van der Waals surface area contributed by atoms with Crippen LogP contribution in [0, 0.1) is 12.1 Å². The molecule has 2 aromatic rings. The van der Waals surface area contributed by atoms with Gasteiger partial charge in [-0.2, -0.15) is 0 Å².